The highest BCUT2D eigenvalue weighted by Crippen LogP contribution is 2.42. The first-order valence-corrected chi connectivity index (χ1v) is 16.6. The zero-order chi connectivity index (χ0) is 29.1. The van der Waals surface area contributed by atoms with E-state index in [1.54, 1.807) is 4.90 Å². The third kappa shape index (κ3) is 6.47. The first-order chi connectivity index (χ1) is 20.4. The van der Waals surface area contributed by atoms with E-state index in [0.29, 0.717) is 13.0 Å². The van der Waals surface area contributed by atoms with Crippen LogP contribution in [0.15, 0.2) is 47.8 Å². The third-order valence-corrected chi connectivity index (χ3v) is 10.3. The van der Waals surface area contributed by atoms with Crippen molar-refractivity contribution in [3.8, 4) is 5.75 Å². The molecule has 3 heterocycles. The highest BCUT2D eigenvalue weighted by atomic mass is 32.1. The van der Waals surface area contributed by atoms with Crippen molar-refractivity contribution in [2.75, 3.05) is 55.9 Å². The van der Waals surface area contributed by atoms with Crippen molar-refractivity contribution in [2.45, 2.75) is 70.5 Å². The van der Waals surface area contributed by atoms with E-state index < -0.39 is 6.29 Å². The molecule has 42 heavy (non-hydrogen) atoms. The fourth-order valence-electron chi connectivity index (χ4n) is 6.86. The standard InChI is InChI=1S/C34H45N3O4S/c1-34(2)23-32(38)37(24-41-33(39)25-8-3-4-9-25)30-22-26(12-13-28(30)34)40-20-6-5-15-35-16-18-36(19-17-35)29-10-7-11-31-27(29)14-21-42-31/h7,10-14,21-22,25,33,39H,3-6,8-9,15-20,23-24H2,1-2H3. The van der Waals surface area contributed by atoms with Crippen LogP contribution in [-0.4, -0.2) is 68.3 Å². The van der Waals surface area contributed by atoms with Crippen LogP contribution in [0, 0.1) is 5.92 Å². The number of piperazine rings is 1. The number of amides is 1. The van der Waals surface area contributed by atoms with Gasteiger partial charge in [0.15, 0.2) is 6.29 Å². The van der Waals surface area contributed by atoms with Crippen molar-refractivity contribution in [2.24, 2.45) is 5.92 Å². The van der Waals surface area contributed by atoms with Gasteiger partial charge in [0.25, 0.3) is 0 Å². The van der Waals surface area contributed by atoms with Crippen LogP contribution < -0.4 is 14.5 Å². The van der Waals surface area contributed by atoms with Gasteiger partial charge >= 0.3 is 0 Å². The van der Waals surface area contributed by atoms with Crippen molar-refractivity contribution in [3.63, 3.8) is 0 Å². The third-order valence-electron chi connectivity index (χ3n) is 9.38. The number of hydrogen-bond donors (Lipinski definition) is 1. The zero-order valence-corrected chi connectivity index (χ0v) is 25.9. The molecule has 1 saturated carbocycles. The first-order valence-electron chi connectivity index (χ1n) is 15.7. The van der Waals surface area contributed by atoms with E-state index in [-0.39, 0.29) is 24.0 Å². The van der Waals surface area contributed by atoms with E-state index in [2.05, 4.69) is 59.4 Å². The van der Waals surface area contributed by atoms with E-state index in [9.17, 15) is 9.90 Å². The van der Waals surface area contributed by atoms with Gasteiger partial charge in [-0.2, -0.15) is 0 Å². The highest BCUT2D eigenvalue weighted by molar-refractivity contribution is 7.17. The Kier molecular flexibility index (Phi) is 9.05. The van der Waals surface area contributed by atoms with Crippen molar-refractivity contribution in [1.29, 1.82) is 0 Å². The number of thiophene rings is 1. The Labute approximate surface area is 254 Å². The maximum atomic E-state index is 13.1. The van der Waals surface area contributed by atoms with Crippen molar-refractivity contribution in [1.82, 2.24) is 4.90 Å². The summed E-state index contributed by atoms with van der Waals surface area (Å²) in [6.45, 7) is 10.3. The molecule has 3 aromatic rings. The van der Waals surface area contributed by atoms with E-state index in [1.165, 1.54) is 15.8 Å². The zero-order valence-electron chi connectivity index (χ0n) is 25.1. The van der Waals surface area contributed by atoms with E-state index in [4.69, 9.17) is 9.47 Å². The molecule has 0 spiro atoms. The lowest BCUT2D eigenvalue weighted by molar-refractivity contribution is -0.139. The summed E-state index contributed by atoms with van der Waals surface area (Å²) in [7, 11) is 0. The summed E-state index contributed by atoms with van der Waals surface area (Å²) >= 11 is 1.81. The molecule has 2 fully saturated rings. The summed E-state index contributed by atoms with van der Waals surface area (Å²) < 4.78 is 13.4. The highest BCUT2D eigenvalue weighted by Gasteiger charge is 2.37. The van der Waals surface area contributed by atoms with Gasteiger partial charge in [-0.3, -0.25) is 14.6 Å². The first kappa shape index (κ1) is 29.4. The van der Waals surface area contributed by atoms with Gasteiger partial charge in [0.05, 0.1) is 12.3 Å². The van der Waals surface area contributed by atoms with Gasteiger partial charge in [-0.05, 0) is 67.4 Å². The number of fused-ring (bicyclic) bond motifs is 2. The number of benzene rings is 2. The van der Waals surface area contributed by atoms with Crippen LogP contribution in [0.25, 0.3) is 10.1 Å². The molecule has 1 unspecified atom stereocenters. The number of nitrogens with zero attached hydrogens (tertiary/aromatic N) is 3. The molecule has 1 aliphatic carbocycles. The molecule has 1 saturated heterocycles. The Balaban J connectivity index is 0.978. The lowest BCUT2D eigenvalue weighted by Gasteiger charge is -2.39. The molecule has 1 aromatic heterocycles. The summed E-state index contributed by atoms with van der Waals surface area (Å²) in [6, 6.07) is 15.0. The smallest absolute Gasteiger partial charge is 0.229 e. The molecule has 1 atom stereocenters. The van der Waals surface area contributed by atoms with E-state index in [0.717, 1.165) is 88.2 Å². The quantitative estimate of drug-likeness (QED) is 0.206. The second-order valence-corrected chi connectivity index (χ2v) is 13.7. The molecule has 7 nitrogen and oxygen atoms in total. The Morgan fingerprint density at radius 1 is 1.02 bits per heavy atom. The molecule has 226 valence electrons. The van der Waals surface area contributed by atoms with Gasteiger partial charge in [0.2, 0.25) is 5.91 Å². The second-order valence-electron chi connectivity index (χ2n) is 12.8. The largest absolute Gasteiger partial charge is 0.494 e. The van der Waals surface area contributed by atoms with Crippen LogP contribution in [0.3, 0.4) is 0 Å². The molecule has 6 rings (SSSR count). The summed E-state index contributed by atoms with van der Waals surface area (Å²) in [5.74, 6) is 0.965. The van der Waals surface area contributed by atoms with Crippen LogP contribution in [0.4, 0.5) is 11.4 Å². The van der Waals surface area contributed by atoms with Crippen LogP contribution in [0.5, 0.6) is 5.75 Å². The lowest BCUT2D eigenvalue weighted by atomic mass is 9.77. The molecule has 8 heteroatoms. The van der Waals surface area contributed by atoms with Gasteiger partial charge in [0.1, 0.15) is 12.5 Å². The minimum atomic E-state index is -0.823. The number of unbranched alkanes of at least 4 members (excludes halogenated alkanes) is 1. The fraction of sp³-hybridized carbons (Fsp3) is 0.559. The topological polar surface area (TPSA) is 65.5 Å². The molecule has 0 bridgehead atoms. The minimum absolute atomic E-state index is 0.0235. The summed E-state index contributed by atoms with van der Waals surface area (Å²) in [4.78, 5) is 19.9. The maximum absolute atomic E-state index is 13.1. The monoisotopic (exact) mass is 591 g/mol. The van der Waals surface area contributed by atoms with Gasteiger partial charge in [-0.1, -0.05) is 38.8 Å². The summed E-state index contributed by atoms with van der Waals surface area (Å²) in [5.41, 5.74) is 3.06. The van der Waals surface area contributed by atoms with Crippen molar-refractivity contribution >= 4 is 38.7 Å². The fourth-order valence-corrected chi connectivity index (χ4v) is 7.67. The molecular weight excluding hydrogens is 546 g/mol. The minimum Gasteiger partial charge on any atom is -0.494 e. The van der Waals surface area contributed by atoms with Gasteiger partial charge < -0.3 is 19.5 Å². The Morgan fingerprint density at radius 3 is 2.64 bits per heavy atom. The SMILES string of the molecule is CC1(C)CC(=O)N(COC(O)C2CCCC2)c2cc(OCCCCN3CCN(c4cccc5sccc45)CC3)ccc21. The predicted octanol–water partition coefficient (Wildman–Crippen LogP) is 6.38. The van der Waals surface area contributed by atoms with Crippen LogP contribution >= 0.6 is 11.3 Å². The van der Waals surface area contributed by atoms with Gasteiger partial charge in [0, 0.05) is 65.8 Å². The van der Waals surface area contributed by atoms with Crippen LogP contribution in [-0.2, 0) is 14.9 Å². The molecule has 2 aromatic carbocycles. The lowest BCUT2D eigenvalue weighted by Crippen LogP contribution is -2.46. The maximum Gasteiger partial charge on any atom is 0.229 e. The number of ether oxygens (including phenoxy) is 2. The Morgan fingerprint density at radius 2 is 1.83 bits per heavy atom. The van der Waals surface area contributed by atoms with Crippen molar-refractivity contribution in [3.05, 3.63) is 53.4 Å². The summed E-state index contributed by atoms with van der Waals surface area (Å²) in [5, 5.41) is 14.1. The van der Waals surface area contributed by atoms with E-state index >= 15 is 0 Å². The predicted molar refractivity (Wildman–Crippen MR) is 171 cm³/mol. The molecule has 1 N–H and O–H groups in total. The Bertz CT molecular complexity index is 1360. The molecule has 1 amide bonds. The molecular formula is C34H45N3O4S. The average Bonchev–Trinajstić information content (AvgIpc) is 3.70. The number of aliphatic hydroxyl groups is 1. The average molecular weight is 592 g/mol. The van der Waals surface area contributed by atoms with Crippen molar-refractivity contribution < 1.29 is 19.4 Å². The van der Waals surface area contributed by atoms with Crippen LogP contribution in [0.2, 0.25) is 0 Å². The Hall–Kier alpha value is -2.65. The second kappa shape index (κ2) is 12.9. The van der Waals surface area contributed by atoms with E-state index in [1.807, 2.05) is 23.5 Å². The number of carbonyl (C=O) groups excluding carboxylic acids is 1. The number of anilines is 2. The number of carbonyl (C=O) groups is 1. The van der Waals surface area contributed by atoms with Crippen LogP contribution in [0.1, 0.15) is 64.4 Å². The summed E-state index contributed by atoms with van der Waals surface area (Å²) in [6.07, 6.45) is 5.91. The number of hydrogen-bond acceptors (Lipinski definition) is 7. The molecule has 0 radical (unpaired) electrons. The number of rotatable bonds is 11. The molecule has 3 aliphatic rings. The van der Waals surface area contributed by atoms with Gasteiger partial charge in [-0.15, -0.1) is 11.3 Å². The normalized spacial score (nSPS) is 20.3. The molecule has 2 aliphatic heterocycles. The number of aliphatic hydroxyl groups excluding tert-OH is 1. The van der Waals surface area contributed by atoms with Gasteiger partial charge in [-0.25, -0.2) is 0 Å².